The van der Waals surface area contributed by atoms with Crippen molar-refractivity contribution in [3.8, 4) is 0 Å². The van der Waals surface area contributed by atoms with Gasteiger partial charge in [-0.3, -0.25) is 61.2 Å². The van der Waals surface area contributed by atoms with Gasteiger partial charge in [-0.05, 0) is 95.8 Å². The molecule has 4 fully saturated rings. The Hall–Kier alpha value is -5.23. The number of aliphatic hydroxyl groups is 10. The molecule has 45 heteroatoms. The average molecular weight is 1860 g/mol. The predicted octanol–water partition coefficient (Wildman–Crippen LogP) is -0.301. The number of rotatable bonds is 67. The highest BCUT2D eigenvalue weighted by molar-refractivity contribution is 7.47. The molecule has 0 aromatic carbocycles. The number of hydrogen-bond donors (Lipinski definition) is 18. The Morgan fingerprint density at radius 2 is 0.627 bits per heavy atom. The molecule has 4 aliphatic rings. The number of phosphoric acid groups is 2. The molecule has 3 saturated heterocycles. The van der Waals surface area contributed by atoms with Crippen LogP contribution in [0.15, 0.2) is 0 Å². The van der Waals surface area contributed by atoms with Crippen molar-refractivity contribution >= 4 is 68.8 Å². The molecule has 9 amide bonds. The Bertz CT molecular complexity index is 3200. The van der Waals surface area contributed by atoms with Gasteiger partial charge in [-0.25, -0.2) is 9.13 Å². The molecule has 0 aromatic rings. The van der Waals surface area contributed by atoms with Gasteiger partial charge >= 0.3 is 15.6 Å². The lowest BCUT2D eigenvalue weighted by molar-refractivity contribution is -0.270. The largest absolute Gasteiger partial charge is 0.472 e. The molecule has 18 N–H and O–H groups in total. The summed E-state index contributed by atoms with van der Waals surface area (Å²) in [6, 6.07) is -3.21. The molecule has 4 rings (SSSR count). The maximum atomic E-state index is 13.9. The van der Waals surface area contributed by atoms with Gasteiger partial charge in [-0.2, -0.15) is 0 Å². The van der Waals surface area contributed by atoms with Crippen LogP contribution in [-0.4, -0.2) is 365 Å². The molecule has 1 aliphatic carbocycles. The van der Waals surface area contributed by atoms with Gasteiger partial charge in [0.1, 0.15) is 73.1 Å². The first-order valence-electron chi connectivity index (χ1n) is 44.9. The zero-order chi connectivity index (χ0) is 92.8. The maximum Gasteiger partial charge on any atom is 0.472 e. The standard InChI is InChI=1S/C81H149N9O34P2/c1-56-25-23-27-60(28-24-26-56)114-48-39-89(68(102)33-15-6-18-36-83-65(99)30-12-9-21-46-116-80-71(86-58(3)96)77(108)74(105)62(54-93)123-80)41-50-119-126(112,113)121-52-43-90(69(103)34-16-7-19-37-84-66(100)31-13-10-22-47-117-81-72(87-59(4)97)78(109)75(106)63(55-94)124-81)42-51-120-125(110,111)118-49-40-88(38-44-91)67(101)32-14-5-17-35-82-64(98)29-11-8-20-45-115-79-70(85-57(2)95)76(107)73(104)61(53-92)122-79/h56,60-63,70-81,91-94,104-109H,5-55H2,1-4H3,(H,82,98)(H,83,99)(H,84,100)(H,85,95)(H,86,96)(H,87,97)(H,110,111)(H,112,113). The highest BCUT2D eigenvalue weighted by Gasteiger charge is 2.48. The van der Waals surface area contributed by atoms with Gasteiger partial charge in [0.2, 0.25) is 53.2 Å². The summed E-state index contributed by atoms with van der Waals surface area (Å²) in [5.74, 6) is -2.49. The average Bonchev–Trinajstić information content (AvgIpc) is 0.816. The number of unbranched alkanes of at least 4 members (excludes halogenated alkanes) is 12. The second-order valence-corrected chi connectivity index (χ2v) is 35.3. The van der Waals surface area contributed by atoms with Crippen molar-refractivity contribution in [2.24, 2.45) is 5.92 Å². The molecular weight excluding hydrogens is 1700 g/mol. The fraction of sp³-hybridized carbons (Fsp3) is 0.889. The van der Waals surface area contributed by atoms with Crippen molar-refractivity contribution in [2.75, 3.05) is 138 Å². The van der Waals surface area contributed by atoms with Gasteiger partial charge in [0.25, 0.3) is 0 Å². The van der Waals surface area contributed by atoms with Gasteiger partial charge in [0.15, 0.2) is 18.9 Å². The summed E-state index contributed by atoms with van der Waals surface area (Å²) in [5.41, 5.74) is 0. The SMILES string of the molecule is CC(=O)NC1C(OCCCCCC(=O)NCCCCCC(=O)N(CCO)CCOP(=O)(O)OCCN(CCOP(=O)(O)OCCN(CCOC2CCCC(C)CCC2)C(=O)CCCCCNC(=O)CCCCCOC2OC(CO)C(O)C(O)C2NC(C)=O)C(=O)CCCCCNC(=O)CCCCCOC2OC(CO)C(O)C(O)C2NC(C)=O)OC(CO)C(O)C1O. The summed E-state index contributed by atoms with van der Waals surface area (Å²) in [6.07, 6.45) is 0.618. The van der Waals surface area contributed by atoms with Crippen LogP contribution in [0.5, 0.6) is 0 Å². The molecule has 17 atom stereocenters. The Kier molecular flexibility index (Phi) is 57.9. The van der Waals surface area contributed by atoms with Gasteiger partial charge in [0.05, 0.1) is 65.6 Å². The topological polar surface area (TPSA) is 614 Å². The van der Waals surface area contributed by atoms with E-state index in [1.165, 1.54) is 35.5 Å². The molecule has 0 bridgehead atoms. The summed E-state index contributed by atoms with van der Waals surface area (Å²) in [5, 5.41) is 117. The van der Waals surface area contributed by atoms with Crippen LogP contribution in [0.3, 0.4) is 0 Å². The summed E-state index contributed by atoms with van der Waals surface area (Å²) in [7, 11) is -9.73. The number of phosphoric ester groups is 2. The first-order chi connectivity index (χ1) is 60.2. The molecule has 0 aromatic heterocycles. The minimum Gasteiger partial charge on any atom is -0.395 e. The van der Waals surface area contributed by atoms with Gasteiger partial charge < -0.3 is 141 Å². The third-order valence-corrected chi connectivity index (χ3v) is 24.0. The number of hydrogen-bond acceptors (Lipinski definition) is 32. The van der Waals surface area contributed by atoms with Crippen molar-refractivity contribution in [3.05, 3.63) is 0 Å². The molecule has 732 valence electrons. The summed E-state index contributed by atoms with van der Waals surface area (Å²) in [6.45, 7) is 2.41. The van der Waals surface area contributed by atoms with E-state index in [1.54, 1.807) is 0 Å². The van der Waals surface area contributed by atoms with E-state index in [2.05, 4.69) is 38.8 Å². The Morgan fingerprint density at radius 1 is 0.349 bits per heavy atom. The number of aliphatic hydroxyl groups excluding tert-OH is 10. The van der Waals surface area contributed by atoms with E-state index in [-0.39, 0.29) is 146 Å². The first kappa shape index (κ1) is 113. The van der Waals surface area contributed by atoms with Crippen molar-refractivity contribution < 1.29 is 164 Å². The van der Waals surface area contributed by atoms with Crippen LogP contribution in [0, 0.1) is 5.92 Å². The highest BCUT2D eigenvalue weighted by Crippen LogP contribution is 2.44. The van der Waals surface area contributed by atoms with Crippen LogP contribution >= 0.6 is 15.6 Å². The van der Waals surface area contributed by atoms with Crippen LogP contribution in [-0.2, 0) is 104 Å². The summed E-state index contributed by atoms with van der Waals surface area (Å²) in [4.78, 5) is 140. The van der Waals surface area contributed by atoms with E-state index in [4.69, 9.17) is 51.3 Å². The lowest BCUT2D eigenvalue weighted by Gasteiger charge is -2.42. The van der Waals surface area contributed by atoms with E-state index < -0.39 is 184 Å². The summed E-state index contributed by atoms with van der Waals surface area (Å²) >= 11 is 0. The summed E-state index contributed by atoms with van der Waals surface area (Å²) < 4.78 is 88.1. The maximum absolute atomic E-state index is 13.9. The molecule has 0 spiro atoms. The quantitative estimate of drug-likeness (QED) is 0.0274. The monoisotopic (exact) mass is 1850 g/mol. The van der Waals surface area contributed by atoms with Crippen LogP contribution in [0.1, 0.15) is 220 Å². The number of nitrogens with zero attached hydrogens (tertiary/aromatic N) is 3. The zero-order valence-electron chi connectivity index (χ0n) is 74.0. The lowest BCUT2D eigenvalue weighted by Crippen LogP contribution is -2.64. The predicted molar refractivity (Wildman–Crippen MR) is 451 cm³/mol. The van der Waals surface area contributed by atoms with E-state index in [9.17, 15) is 113 Å². The number of amides is 9. The number of ether oxygens (including phenoxy) is 7. The third-order valence-electron chi connectivity index (χ3n) is 22.0. The molecule has 3 aliphatic heterocycles. The zero-order valence-corrected chi connectivity index (χ0v) is 75.8. The van der Waals surface area contributed by atoms with Crippen molar-refractivity contribution in [3.63, 3.8) is 0 Å². The van der Waals surface area contributed by atoms with Gasteiger partial charge in [-0.15, -0.1) is 0 Å². The normalized spacial score (nSPS) is 25.5. The molecule has 17 unspecified atom stereocenters. The Labute approximate surface area is 739 Å². The number of carbonyl (C=O) groups is 9. The van der Waals surface area contributed by atoms with Crippen molar-refractivity contribution in [1.29, 1.82) is 0 Å². The molecular formula is C81H149N9O34P2. The fourth-order valence-electron chi connectivity index (χ4n) is 14.8. The smallest absolute Gasteiger partial charge is 0.395 e. The molecule has 126 heavy (non-hydrogen) atoms. The highest BCUT2D eigenvalue weighted by atomic mass is 31.2. The lowest BCUT2D eigenvalue weighted by atomic mass is 9.91. The molecule has 3 heterocycles. The van der Waals surface area contributed by atoms with Gasteiger partial charge in [0, 0.05) is 138 Å². The van der Waals surface area contributed by atoms with Crippen LogP contribution in [0.25, 0.3) is 0 Å². The number of nitrogens with one attached hydrogen (secondary N) is 6. The van der Waals surface area contributed by atoms with Gasteiger partial charge in [-0.1, -0.05) is 71.1 Å². The van der Waals surface area contributed by atoms with E-state index in [1.807, 2.05) is 0 Å². The fourth-order valence-corrected chi connectivity index (χ4v) is 16.2. The molecule has 0 radical (unpaired) electrons. The van der Waals surface area contributed by atoms with Crippen LogP contribution < -0.4 is 31.9 Å². The van der Waals surface area contributed by atoms with Crippen molar-refractivity contribution in [1.82, 2.24) is 46.6 Å². The second kappa shape index (κ2) is 64.6. The Morgan fingerprint density at radius 3 is 0.913 bits per heavy atom. The minimum absolute atomic E-state index is 0.00962. The minimum atomic E-state index is -4.87. The molecule has 43 nitrogen and oxygen atoms in total. The van der Waals surface area contributed by atoms with E-state index in [0.29, 0.717) is 135 Å². The first-order valence-corrected chi connectivity index (χ1v) is 47.9. The Balaban J connectivity index is 1.24. The second-order valence-electron chi connectivity index (χ2n) is 32.4. The van der Waals surface area contributed by atoms with Crippen LogP contribution in [0.2, 0.25) is 0 Å². The van der Waals surface area contributed by atoms with E-state index >= 15 is 0 Å². The third kappa shape index (κ3) is 46.7. The van der Waals surface area contributed by atoms with E-state index in [0.717, 1.165) is 38.5 Å². The van der Waals surface area contributed by atoms with Crippen molar-refractivity contribution in [2.45, 2.75) is 318 Å². The van der Waals surface area contributed by atoms with Crippen LogP contribution in [0.4, 0.5) is 0 Å². The molecule has 1 saturated carbocycles. The number of carbonyl (C=O) groups excluding carboxylic acids is 9.